The zero-order valence-electron chi connectivity index (χ0n) is 10.2. The number of allylic oxidation sites excluding steroid dienone is 2. The molecular formula is C15H18O2. The van der Waals surface area contributed by atoms with Gasteiger partial charge in [0.15, 0.2) is 5.78 Å². The molecule has 0 spiro atoms. The summed E-state index contributed by atoms with van der Waals surface area (Å²) < 4.78 is 5.19. The van der Waals surface area contributed by atoms with Crippen molar-refractivity contribution in [3.8, 4) is 5.75 Å². The van der Waals surface area contributed by atoms with Gasteiger partial charge in [0.05, 0.1) is 7.11 Å². The van der Waals surface area contributed by atoms with Crippen LogP contribution in [0.3, 0.4) is 0 Å². The van der Waals surface area contributed by atoms with E-state index in [4.69, 9.17) is 4.74 Å². The minimum Gasteiger partial charge on any atom is -0.497 e. The summed E-state index contributed by atoms with van der Waals surface area (Å²) in [5, 5.41) is 0. The minimum atomic E-state index is 0.289. The summed E-state index contributed by atoms with van der Waals surface area (Å²) in [5.41, 5.74) is 2.56. The van der Waals surface area contributed by atoms with E-state index in [1.807, 2.05) is 18.2 Å². The average Bonchev–Trinajstić information content (AvgIpc) is 2.37. The number of ketones is 1. The zero-order valence-corrected chi connectivity index (χ0v) is 10.2. The summed E-state index contributed by atoms with van der Waals surface area (Å²) >= 11 is 0. The summed E-state index contributed by atoms with van der Waals surface area (Å²) in [6, 6.07) is 8.13. The Hall–Kier alpha value is -1.57. The Morgan fingerprint density at radius 3 is 2.88 bits per heavy atom. The summed E-state index contributed by atoms with van der Waals surface area (Å²) in [4.78, 5) is 11.3. The lowest BCUT2D eigenvalue weighted by molar-refractivity contribution is -0.115. The second-order valence-electron chi connectivity index (χ2n) is 4.47. The Morgan fingerprint density at radius 2 is 2.12 bits per heavy atom. The van der Waals surface area contributed by atoms with Crippen molar-refractivity contribution < 1.29 is 9.53 Å². The molecule has 0 aromatic heterocycles. The molecule has 2 rings (SSSR count). The molecule has 1 aliphatic rings. The van der Waals surface area contributed by atoms with Crippen LogP contribution in [0, 0.1) is 0 Å². The van der Waals surface area contributed by atoms with Crippen LogP contribution >= 0.6 is 0 Å². The highest BCUT2D eigenvalue weighted by atomic mass is 16.5. The fourth-order valence-electron chi connectivity index (χ4n) is 2.19. The Labute approximate surface area is 102 Å². The molecule has 17 heavy (non-hydrogen) atoms. The highest BCUT2D eigenvalue weighted by molar-refractivity contribution is 5.91. The summed E-state index contributed by atoms with van der Waals surface area (Å²) in [6.07, 6.45) is 6.63. The van der Waals surface area contributed by atoms with E-state index in [0.29, 0.717) is 0 Å². The van der Waals surface area contributed by atoms with Crippen LogP contribution in [0.15, 0.2) is 35.9 Å². The third kappa shape index (κ3) is 3.45. The fourth-order valence-corrected chi connectivity index (χ4v) is 2.19. The van der Waals surface area contributed by atoms with Crippen molar-refractivity contribution >= 4 is 5.78 Å². The number of benzene rings is 1. The molecule has 0 saturated carbocycles. The first-order valence-electron chi connectivity index (χ1n) is 6.13. The van der Waals surface area contributed by atoms with E-state index >= 15 is 0 Å². The lowest BCUT2D eigenvalue weighted by atomic mass is 9.94. The van der Waals surface area contributed by atoms with Gasteiger partial charge in [0.2, 0.25) is 0 Å². The number of ether oxygens (including phenoxy) is 1. The van der Waals surface area contributed by atoms with Crippen LogP contribution in [0.2, 0.25) is 0 Å². The van der Waals surface area contributed by atoms with E-state index in [1.165, 1.54) is 11.1 Å². The number of hydrogen-bond donors (Lipinski definition) is 0. The molecule has 0 radical (unpaired) electrons. The molecule has 0 amide bonds. The van der Waals surface area contributed by atoms with Gasteiger partial charge in [-0.1, -0.05) is 17.7 Å². The molecular weight excluding hydrogens is 212 g/mol. The quantitative estimate of drug-likeness (QED) is 0.793. The van der Waals surface area contributed by atoms with Crippen LogP contribution < -0.4 is 4.74 Å². The molecule has 1 aromatic carbocycles. The van der Waals surface area contributed by atoms with Crippen LogP contribution in [-0.4, -0.2) is 12.9 Å². The second-order valence-corrected chi connectivity index (χ2v) is 4.47. The predicted octanol–water partition coefficient (Wildman–Crippen LogP) is 3.31. The van der Waals surface area contributed by atoms with Gasteiger partial charge in [0.25, 0.3) is 0 Å². The van der Waals surface area contributed by atoms with Crippen LogP contribution in [0.25, 0.3) is 0 Å². The normalized spacial score (nSPS) is 15.6. The monoisotopic (exact) mass is 230 g/mol. The van der Waals surface area contributed by atoms with E-state index in [-0.39, 0.29) is 5.78 Å². The maximum absolute atomic E-state index is 11.3. The van der Waals surface area contributed by atoms with E-state index in [2.05, 4.69) is 12.1 Å². The van der Waals surface area contributed by atoms with Gasteiger partial charge in [0.1, 0.15) is 5.75 Å². The Kier molecular flexibility index (Phi) is 3.97. The summed E-state index contributed by atoms with van der Waals surface area (Å²) in [5.74, 6) is 1.19. The predicted molar refractivity (Wildman–Crippen MR) is 68.3 cm³/mol. The van der Waals surface area contributed by atoms with E-state index in [0.717, 1.165) is 37.9 Å². The van der Waals surface area contributed by atoms with E-state index in [1.54, 1.807) is 7.11 Å². The molecule has 1 aliphatic carbocycles. The van der Waals surface area contributed by atoms with Crippen molar-refractivity contribution in [2.75, 3.05) is 7.11 Å². The number of rotatable bonds is 4. The molecule has 1 aromatic rings. The molecule has 2 nitrogen and oxygen atoms in total. The van der Waals surface area contributed by atoms with Gasteiger partial charge in [-0.25, -0.2) is 0 Å². The molecule has 2 heteroatoms. The van der Waals surface area contributed by atoms with Gasteiger partial charge in [-0.3, -0.25) is 4.79 Å². The Morgan fingerprint density at radius 1 is 1.24 bits per heavy atom. The van der Waals surface area contributed by atoms with Crippen LogP contribution in [-0.2, 0) is 11.2 Å². The fraction of sp³-hybridized carbons (Fsp3) is 0.400. The third-order valence-electron chi connectivity index (χ3n) is 3.16. The maximum Gasteiger partial charge on any atom is 0.155 e. The summed E-state index contributed by atoms with van der Waals surface area (Å²) in [6.45, 7) is 0. The van der Waals surface area contributed by atoms with E-state index < -0.39 is 0 Å². The highest BCUT2D eigenvalue weighted by Crippen LogP contribution is 2.21. The van der Waals surface area contributed by atoms with Crippen molar-refractivity contribution in [1.82, 2.24) is 0 Å². The molecule has 0 fully saturated rings. The second kappa shape index (κ2) is 5.67. The molecule has 0 aliphatic heterocycles. The van der Waals surface area contributed by atoms with Crippen LogP contribution in [0.1, 0.15) is 31.2 Å². The van der Waals surface area contributed by atoms with Gasteiger partial charge in [-0.15, -0.1) is 0 Å². The van der Waals surface area contributed by atoms with Gasteiger partial charge < -0.3 is 4.74 Å². The van der Waals surface area contributed by atoms with Crippen molar-refractivity contribution in [2.24, 2.45) is 0 Å². The molecule has 0 bridgehead atoms. The number of methoxy groups -OCH3 is 1. The standard InChI is InChI=1S/C15H18O2/c1-17-15-7-3-5-13(11-15)9-8-12-4-2-6-14(16)10-12/h3,5,7,10-11H,2,4,6,8-9H2,1H3. The molecule has 0 atom stereocenters. The lowest BCUT2D eigenvalue weighted by Crippen LogP contribution is -2.03. The van der Waals surface area contributed by atoms with Crippen molar-refractivity contribution in [3.63, 3.8) is 0 Å². The number of aryl methyl sites for hydroxylation is 1. The van der Waals surface area contributed by atoms with Crippen molar-refractivity contribution in [1.29, 1.82) is 0 Å². The van der Waals surface area contributed by atoms with Gasteiger partial charge in [-0.05, 0) is 49.5 Å². The lowest BCUT2D eigenvalue weighted by Gasteiger charge is -2.12. The first kappa shape index (κ1) is 11.9. The molecule has 0 N–H and O–H groups in total. The molecule has 0 unspecified atom stereocenters. The SMILES string of the molecule is COc1cccc(CCC2=CC(=O)CCC2)c1. The summed E-state index contributed by atoms with van der Waals surface area (Å²) in [7, 11) is 1.68. The van der Waals surface area contributed by atoms with E-state index in [9.17, 15) is 4.79 Å². The highest BCUT2D eigenvalue weighted by Gasteiger charge is 2.09. The smallest absolute Gasteiger partial charge is 0.155 e. The molecule has 0 saturated heterocycles. The maximum atomic E-state index is 11.3. The van der Waals surface area contributed by atoms with Gasteiger partial charge in [0, 0.05) is 6.42 Å². The number of carbonyl (C=O) groups is 1. The van der Waals surface area contributed by atoms with Gasteiger partial charge >= 0.3 is 0 Å². The number of carbonyl (C=O) groups excluding carboxylic acids is 1. The average molecular weight is 230 g/mol. The van der Waals surface area contributed by atoms with Crippen LogP contribution in [0.4, 0.5) is 0 Å². The largest absolute Gasteiger partial charge is 0.497 e. The first-order chi connectivity index (χ1) is 8.28. The van der Waals surface area contributed by atoms with Crippen LogP contribution in [0.5, 0.6) is 5.75 Å². The van der Waals surface area contributed by atoms with Crippen molar-refractivity contribution in [3.05, 3.63) is 41.5 Å². The Bertz CT molecular complexity index is 432. The molecule has 0 heterocycles. The van der Waals surface area contributed by atoms with Gasteiger partial charge in [-0.2, -0.15) is 0 Å². The topological polar surface area (TPSA) is 26.3 Å². The zero-order chi connectivity index (χ0) is 12.1. The number of hydrogen-bond acceptors (Lipinski definition) is 2. The first-order valence-corrected chi connectivity index (χ1v) is 6.13. The minimum absolute atomic E-state index is 0.289. The Balaban J connectivity index is 1.95. The third-order valence-corrected chi connectivity index (χ3v) is 3.16. The molecule has 90 valence electrons. The van der Waals surface area contributed by atoms with Crippen molar-refractivity contribution in [2.45, 2.75) is 32.1 Å².